The van der Waals surface area contributed by atoms with Gasteiger partial charge in [0.25, 0.3) is 0 Å². The highest BCUT2D eigenvalue weighted by molar-refractivity contribution is 5.49. The third kappa shape index (κ3) is 3.69. The highest BCUT2D eigenvalue weighted by Gasteiger charge is 2.44. The minimum atomic E-state index is -1.52. The van der Waals surface area contributed by atoms with Crippen LogP contribution in [0.5, 0.6) is 0 Å². The van der Waals surface area contributed by atoms with Crippen molar-refractivity contribution in [3.8, 4) is 0 Å². The van der Waals surface area contributed by atoms with Gasteiger partial charge in [0.2, 0.25) is 0 Å². The van der Waals surface area contributed by atoms with E-state index in [-0.39, 0.29) is 13.0 Å². The molecule has 1 heterocycles. The predicted octanol–water partition coefficient (Wildman–Crippen LogP) is -3.25. The van der Waals surface area contributed by atoms with Crippen LogP contribution in [0.3, 0.4) is 0 Å². The van der Waals surface area contributed by atoms with Crippen molar-refractivity contribution < 1.29 is 39.8 Å². The van der Waals surface area contributed by atoms with Gasteiger partial charge in [-0.2, -0.15) is 0 Å². The Hall–Kier alpha value is -0.610. The summed E-state index contributed by atoms with van der Waals surface area (Å²) in [6, 6.07) is 0. The van der Waals surface area contributed by atoms with Gasteiger partial charge in [0.1, 0.15) is 30.7 Å². The van der Waals surface area contributed by atoms with Gasteiger partial charge < -0.3 is 39.8 Å². The van der Waals surface area contributed by atoms with Crippen LogP contribution >= 0.6 is 0 Å². The van der Waals surface area contributed by atoms with Crippen LogP contribution in [-0.2, 0) is 14.3 Å². The number of hydrogen-bond acceptors (Lipinski definition) is 8. The molecule has 0 radical (unpaired) electrons. The van der Waals surface area contributed by atoms with E-state index in [1.54, 1.807) is 0 Å². The average Bonchev–Trinajstić information content (AvgIpc) is 2.35. The summed E-state index contributed by atoms with van der Waals surface area (Å²) in [5.41, 5.74) is 0. The minimum absolute atomic E-state index is 0.128. The molecule has 8 nitrogen and oxygen atoms in total. The van der Waals surface area contributed by atoms with Crippen molar-refractivity contribution in [1.29, 1.82) is 0 Å². The maximum absolute atomic E-state index is 10.1. The van der Waals surface area contributed by atoms with Crippen molar-refractivity contribution in [2.24, 2.45) is 0 Å². The Morgan fingerprint density at radius 2 is 1.89 bits per heavy atom. The van der Waals surface area contributed by atoms with Gasteiger partial charge in [-0.25, -0.2) is 0 Å². The maximum atomic E-state index is 10.1. The Morgan fingerprint density at radius 1 is 1.22 bits per heavy atom. The van der Waals surface area contributed by atoms with E-state index in [1.807, 2.05) is 0 Å². The lowest BCUT2D eigenvalue weighted by atomic mass is 9.99. The molecular weight excluding hydrogens is 248 g/mol. The van der Waals surface area contributed by atoms with Crippen LogP contribution in [0.2, 0.25) is 0 Å². The normalized spacial score (nSPS) is 38.4. The van der Waals surface area contributed by atoms with Gasteiger partial charge >= 0.3 is 0 Å². The van der Waals surface area contributed by atoms with E-state index < -0.39 is 43.4 Å². The highest BCUT2D eigenvalue weighted by atomic mass is 16.7. The first-order chi connectivity index (χ1) is 8.51. The minimum Gasteiger partial charge on any atom is -0.394 e. The summed E-state index contributed by atoms with van der Waals surface area (Å²) in [6.45, 7) is -0.830. The molecule has 106 valence electrons. The maximum Gasteiger partial charge on any atom is 0.186 e. The number of carbonyl (C=O) groups is 1. The van der Waals surface area contributed by atoms with Gasteiger partial charge in [-0.3, -0.25) is 0 Å². The lowest BCUT2D eigenvalue weighted by molar-refractivity contribution is -0.304. The summed E-state index contributed by atoms with van der Waals surface area (Å²) in [7, 11) is 0. The van der Waals surface area contributed by atoms with E-state index in [0.717, 1.165) is 0 Å². The molecular formula is C10H18O8. The summed E-state index contributed by atoms with van der Waals surface area (Å²) in [5.74, 6) is 0. The van der Waals surface area contributed by atoms with E-state index in [9.17, 15) is 25.2 Å². The van der Waals surface area contributed by atoms with Crippen LogP contribution in [0.25, 0.3) is 0 Å². The summed E-state index contributed by atoms with van der Waals surface area (Å²) in [4.78, 5) is 10.1. The first-order valence-corrected chi connectivity index (χ1v) is 5.55. The largest absolute Gasteiger partial charge is 0.394 e. The van der Waals surface area contributed by atoms with E-state index >= 15 is 0 Å². The smallest absolute Gasteiger partial charge is 0.186 e. The summed E-state index contributed by atoms with van der Waals surface area (Å²) < 4.78 is 10.0. The zero-order valence-corrected chi connectivity index (χ0v) is 9.62. The molecule has 1 fully saturated rings. The van der Waals surface area contributed by atoms with Crippen molar-refractivity contribution in [2.45, 2.75) is 43.2 Å². The Balaban J connectivity index is 2.51. The number of hydrogen-bond donors (Lipinski definition) is 5. The second kappa shape index (κ2) is 7.10. The van der Waals surface area contributed by atoms with Gasteiger partial charge in [-0.05, 0) is 0 Å². The van der Waals surface area contributed by atoms with Crippen LogP contribution in [0, 0.1) is 0 Å². The SMILES string of the molecule is O=CCC(O)CO[C@H]1O[C@H](CO)[C@H](O)[C@H](O)[C@H]1O. The van der Waals surface area contributed by atoms with Gasteiger partial charge in [0.05, 0.1) is 19.3 Å². The molecule has 0 aliphatic carbocycles. The Morgan fingerprint density at radius 3 is 2.44 bits per heavy atom. The van der Waals surface area contributed by atoms with Crippen molar-refractivity contribution in [3.05, 3.63) is 0 Å². The third-order valence-corrected chi connectivity index (χ3v) is 2.67. The predicted molar refractivity (Wildman–Crippen MR) is 56.4 cm³/mol. The number of rotatable bonds is 6. The number of carbonyl (C=O) groups excluding carboxylic acids is 1. The summed E-state index contributed by atoms with van der Waals surface area (Å²) in [5, 5.41) is 46.7. The first kappa shape index (κ1) is 15.4. The van der Waals surface area contributed by atoms with E-state index in [1.165, 1.54) is 0 Å². The monoisotopic (exact) mass is 266 g/mol. The van der Waals surface area contributed by atoms with Crippen LogP contribution in [0.1, 0.15) is 6.42 Å². The summed E-state index contributed by atoms with van der Waals surface area (Å²) >= 11 is 0. The van der Waals surface area contributed by atoms with Crippen molar-refractivity contribution in [1.82, 2.24) is 0 Å². The van der Waals surface area contributed by atoms with Gasteiger partial charge in [-0.15, -0.1) is 0 Å². The Labute approximate surface area is 103 Å². The van der Waals surface area contributed by atoms with Gasteiger partial charge in [0.15, 0.2) is 6.29 Å². The second-order valence-electron chi connectivity index (χ2n) is 4.09. The van der Waals surface area contributed by atoms with Gasteiger partial charge in [0, 0.05) is 6.42 Å². The fourth-order valence-corrected chi connectivity index (χ4v) is 1.59. The molecule has 5 N–H and O–H groups in total. The van der Waals surface area contributed by atoms with Crippen LogP contribution in [0.4, 0.5) is 0 Å². The molecule has 0 bridgehead atoms. The molecule has 1 aliphatic heterocycles. The lowest BCUT2D eigenvalue weighted by Crippen LogP contribution is -2.59. The first-order valence-electron chi connectivity index (χ1n) is 5.55. The fourth-order valence-electron chi connectivity index (χ4n) is 1.59. The molecule has 18 heavy (non-hydrogen) atoms. The molecule has 0 aromatic heterocycles. The second-order valence-corrected chi connectivity index (χ2v) is 4.09. The van der Waals surface area contributed by atoms with E-state index in [2.05, 4.69) is 0 Å². The Bertz CT molecular complexity index is 258. The molecule has 1 aliphatic rings. The molecule has 1 rings (SSSR count). The number of aliphatic hydroxyl groups excluding tert-OH is 5. The molecule has 8 heteroatoms. The van der Waals surface area contributed by atoms with Crippen LogP contribution < -0.4 is 0 Å². The van der Waals surface area contributed by atoms with Crippen LogP contribution in [-0.4, -0.2) is 81.8 Å². The molecule has 1 unspecified atom stereocenters. The number of aldehydes is 1. The molecule has 0 aromatic rings. The molecule has 6 atom stereocenters. The van der Waals surface area contributed by atoms with E-state index in [4.69, 9.17) is 14.6 Å². The third-order valence-electron chi connectivity index (χ3n) is 2.67. The Kier molecular flexibility index (Phi) is 6.09. The summed E-state index contributed by atoms with van der Waals surface area (Å²) in [6.07, 6.45) is -7.49. The topological polar surface area (TPSA) is 137 Å². The van der Waals surface area contributed by atoms with Crippen molar-refractivity contribution >= 4 is 6.29 Å². The average molecular weight is 266 g/mol. The van der Waals surface area contributed by atoms with E-state index in [0.29, 0.717) is 6.29 Å². The highest BCUT2D eigenvalue weighted by Crippen LogP contribution is 2.22. The number of ether oxygens (including phenoxy) is 2. The molecule has 0 amide bonds. The fraction of sp³-hybridized carbons (Fsp3) is 0.900. The zero-order valence-electron chi connectivity index (χ0n) is 9.62. The van der Waals surface area contributed by atoms with Crippen molar-refractivity contribution in [2.75, 3.05) is 13.2 Å². The van der Waals surface area contributed by atoms with Crippen LogP contribution in [0.15, 0.2) is 0 Å². The molecule has 1 saturated heterocycles. The van der Waals surface area contributed by atoms with Crippen molar-refractivity contribution in [3.63, 3.8) is 0 Å². The molecule has 0 spiro atoms. The zero-order chi connectivity index (χ0) is 13.7. The standard InChI is InChI=1S/C10H18O8/c11-2-1-5(13)4-17-10-9(16)8(15)7(14)6(3-12)18-10/h2,5-10,12-16H,1,3-4H2/t5?,6-,7+,8+,9-,10+/m1/s1. The molecule has 0 saturated carbocycles. The molecule has 0 aromatic carbocycles. The quantitative estimate of drug-likeness (QED) is 0.316. The lowest BCUT2D eigenvalue weighted by Gasteiger charge is -2.39. The number of aliphatic hydroxyl groups is 5. The van der Waals surface area contributed by atoms with Gasteiger partial charge in [-0.1, -0.05) is 0 Å².